The summed E-state index contributed by atoms with van der Waals surface area (Å²) in [5.41, 5.74) is 1.47. The number of rotatable bonds is 4. The van der Waals surface area contributed by atoms with Gasteiger partial charge in [0.2, 0.25) is 0 Å². The number of thiophene rings is 3. The van der Waals surface area contributed by atoms with Crippen molar-refractivity contribution >= 4 is 80.6 Å². The van der Waals surface area contributed by atoms with Gasteiger partial charge in [0, 0.05) is 28.4 Å². The predicted octanol–water partition coefficient (Wildman–Crippen LogP) is 6.05. The molecule has 3 aromatic heterocycles. The Balaban J connectivity index is 1.72. The number of benzene rings is 1. The highest BCUT2D eigenvalue weighted by Crippen LogP contribution is 2.46. The van der Waals surface area contributed by atoms with Gasteiger partial charge >= 0.3 is 0 Å². The van der Waals surface area contributed by atoms with Crippen molar-refractivity contribution in [2.45, 2.75) is 4.90 Å². The Hall–Kier alpha value is -1.82. The van der Waals surface area contributed by atoms with Gasteiger partial charge in [-0.1, -0.05) is 0 Å². The summed E-state index contributed by atoms with van der Waals surface area (Å²) in [6.07, 6.45) is 3.60. The van der Waals surface area contributed by atoms with Crippen LogP contribution in [0.25, 0.3) is 30.4 Å². The van der Waals surface area contributed by atoms with Crippen molar-refractivity contribution in [2.24, 2.45) is 0 Å². The molecule has 7 heteroatoms. The highest BCUT2D eigenvalue weighted by Gasteiger charge is 2.14. The SMILES string of the molecule is CN(C)c1cc2sc3cc(/C=C(\C#N)c4ccc([S+](C)[O-])cc4)sc3c2s1. The van der Waals surface area contributed by atoms with Gasteiger partial charge in [-0.15, -0.1) is 34.0 Å². The van der Waals surface area contributed by atoms with Crippen molar-refractivity contribution in [1.29, 1.82) is 5.26 Å². The molecule has 0 aliphatic carbocycles. The molecule has 0 fully saturated rings. The summed E-state index contributed by atoms with van der Waals surface area (Å²) in [6.45, 7) is 0. The van der Waals surface area contributed by atoms with Crippen LogP contribution in [0, 0.1) is 11.3 Å². The Bertz CT molecular complexity index is 1190. The number of anilines is 1. The molecule has 1 aromatic carbocycles. The summed E-state index contributed by atoms with van der Waals surface area (Å²) in [4.78, 5) is 3.99. The lowest BCUT2D eigenvalue weighted by Crippen LogP contribution is -2.05. The lowest BCUT2D eigenvalue weighted by Gasteiger charge is -2.06. The summed E-state index contributed by atoms with van der Waals surface area (Å²) in [5.74, 6) is 0. The van der Waals surface area contributed by atoms with Crippen LogP contribution in [-0.2, 0) is 11.2 Å². The Kier molecular flexibility index (Phi) is 5.01. The molecule has 0 saturated heterocycles. The number of fused-ring (bicyclic) bond motifs is 3. The standard InChI is InChI=1S/C20H16N2OS4/c1-22(2)18-10-17-20(26-18)19-16(25-17)9-14(24-19)8-13(11-21)12-4-6-15(7-5-12)27(3)23/h4-10H,1-3H3/b13-8+. The van der Waals surface area contributed by atoms with Crippen molar-refractivity contribution < 1.29 is 4.55 Å². The largest absolute Gasteiger partial charge is 0.612 e. The van der Waals surface area contributed by atoms with Gasteiger partial charge in [0.1, 0.15) is 6.26 Å². The molecule has 0 bridgehead atoms. The lowest BCUT2D eigenvalue weighted by atomic mass is 10.1. The van der Waals surface area contributed by atoms with Crippen LogP contribution in [0.15, 0.2) is 41.3 Å². The first-order valence-corrected chi connectivity index (χ1v) is 12.2. The van der Waals surface area contributed by atoms with Gasteiger partial charge in [-0.05, 0) is 59.2 Å². The average molecular weight is 429 g/mol. The Morgan fingerprint density at radius 1 is 1.07 bits per heavy atom. The van der Waals surface area contributed by atoms with E-state index in [0.717, 1.165) is 15.3 Å². The maximum Gasteiger partial charge on any atom is 0.152 e. The zero-order valence-electron chi connectivity index (χ0n) is 15.0. The third-order valence-electron chi connectivity index (χ3n) is 4.17. The van der Waals surface area contributed by atoms with E-state index in [1.165, 1.54) is 23.8 Å². The minimum Gasteiger partial charge on any atom is -0.612 e. The van der Waals surface area contributed by atoms with Crippen LogP contribution in [0.2, 0.25) is 0 Å². The molecule has 3 heterocycles. The van der Waals surface area contributed by atoms with Crippen LogP contribution in [-0.4, -0.2) is 24.9 Å². The van der Waals surface area contributed by atoms with Crippen LogP contribution in [0.3, 0.4) is 0 Å². The van der Waals surface area contributed by atoms with Crippen molar-refractivity contribution in [3.63, 3.8) is 0 Å². The van der Waals surface area contributed by atoms with Gasteiger partial charge in [-0.3, -0.25) is 0 Å². The van der Waals surface area contributed by atoms with Crippen LogP contribution >= 0.6 is 34.0 Å². The van der Waals surface area contributed by atoms with E-state index in [4.69, 9.17) is 0 Å². The molecular weight excluding hydrogens is 413 g/mol. The van der Waals surface area contributed by atoms with Gasteiger partial charge in [0.15, 0.2) is 4.90 Å². The first-order valence-electron chi connectivity index (χ1n) is 8.15. The van der Waals surface area contributed by atoms with Gasteiger partial charge in [0.25, 0.3) is 0 Å². The van der Waals surface area contributed by atoms with E-state index >= 15 is 0 Å². The van der Waals surface area contributed by atoms with Crippen LogP contribution in [0.4, 0.5) is 5.00 Å². The van der Waals surface area contributed by atoms with Crippen molar-refractivity contribution in [2.75, 3.05) is 25.3 Å². The Labute approximate surface area is 173 Å². The normalized spacial score (nSPS) is 13.2. The number of nitriles is 1. The highest BCUT2D eigenvalue weighted by molar-refractivity contribution is 7.90. The highest BCUT2D eigenvalue weighted by atomic mass is 32.2. The van der Waals surface area contributed by atoms with E-state index in [1.807, 2.05) is 41.7 Å². The number of hydrogen-bond acceptors (Lipinski definition) is 6. The Morgan fingerprint density at radius 2 is 1.74 bits per heavy atom. The molecule has 0 aliphatic rings. The minimum absolute atomic E-state index is 0.619. The predicted molar refractivity (Wildman–Crippen MR) is 122 cm³/mol. The van der Waals surface area contributed by atoms with Gasteiger partial charge in [-0.2, -0.15) is 5.26 Å². The quantitative estimate of drug-likeness (QED) is 0.294. The maximum absolute atomic E-state index is 11.5. The van der Waals surface area contributed by atoms with E-state index in [2.05, 4.69) is 37.2 Å². The summed E-state index contributed by atoms with van der Waals surface area (Å²) in [5, 5.41) is 10.9. The molecule has 0 saturated carbocycles. The second kappa shape index (κ2) is 7.30. The Morgan fingerprint density at radius 3 is 2.37 bits per heavy atom. The molecule has 4 aromatic rings. The molecule has 0 radical (unpaired) electrons. The second-order valence-electron chi connectivity index (χ2n) is 6.26. The summed E-state index contributed by atoms with van der Waals surface area (Å²) in [6, 6.07) is 14.1. The van der Waals surface area contributed by atoms with Crippen LogP contribution < -0.4 is 4.90 Å². The molecule has 3 nitrogen and oxygen atoms in total. The summed E-state index contributed by atoms with van der Waals surface area (Å²) >= 11 is 4.34. The van der Waals surface area contributed by atoms with E-state index in [9.17, 15) is 9.81 Å². The van der Waals surface area contributed by atoms with Gasteiger partial charge < -0.3 is 9.45 Å². The molecule has 4 rings (SSSR count). The molecule has 1 atom stereocenters. The fourth-order valence-corrected chi connectivity index (χ4v) is 7.19. The minimum atomic E-state index is -1.01. The van der Waals surface area contributed by atoms with E-state index in [-0.39, 0.29) is 0 Å². The molecule has 0 aliphatic heterocycles. The third-order valence-corrected chi connectivity index (χ3v) is 9.00. The van der Waals surface area contributed by atoms with E-state index in [0.29, 0.717) is 5.57 Å². The van der Waals surface area contributed by atoms with Gasteiger partial charge in [0.05, 0.1) is 26.0 Å². The van der Waals surface area contributed by atoms with Crippen LogP contribution in [0.5, 0.6) is 0 Å². The number of allylic oxidation sites excluding steroid dienone is 1. The van der Waals surface area contributed by atoms with Crippen LogP contribution in [0.1, 0.15) is 10.4 Å². The zero-order chi connectivity index (χ0) is 19.1. The molecule has 1 unspecified atom stereocenters. The van der Waals surface area contributed by atoms with Crippen molar-refractivity contribution in [3.05, 3.63) is 46.8 Å². The maximum atomic E-state index is 11.5. The third kappa shape index (κ3) is 3.51. The summed E-state index contributed by atoms with van der Waals surface area (Å²) in [7, 11) is 4.13. The van der Waals surface area contributed by atoms with E-state index in [1.54, 1.807) is 28.9 Å². The van der Waals surface area contributed by atoms with Crippen molar-refractivity contribution in [1.82, 2.24) is 0 Å². The first-order chi connectivity index (χ1) is 13.0. The zero-order valence-corrected chi connectivity index (χ0v) is 18.2. The molecular formula is C20H16N2OS4. The van der Waals surface area contributed by atoms with Gasteiger partial charge in [-0.25, -0.2) is 0 Å². The fourth-order valence-electron chi connectivity index (χ4n) is 2.78. The van der Waals surface area contributed by atoms with E-state index < -0.39 is 11.2 Å². The lowest BCUT2D eigenvalue weighted by molar-refractivity contribution is 0.601. The second-order valence-corrected chi connectivity index (χ2v) is 10.8. The number of nitrogens with zero attached hydrogens (tertiary/aromatic N) is 2. The first kappa shape index (κ1) is 18.5. The molecule has 0 spiro atoms. The monoisotopic (exact) mass is 428 g/mol. The van der Waals surface area contributed by atoms with Crippen molar-refractivity contribution in [3.8, 4) is 6.07 Å². The molecule has 0 amide bonds. The molecule has 0 N–H and O–H groups in total. The average Bonchev–Trinajstić information content (AvgIpc) is 3.30. The summed E-state index contributed by atoms with van der Waals surface area (Å²) < 4.78 is 16.8. The topological polar surface area (TPSA) is 50.1 Å². The molecule has 136 valence electrons. The fraction of sp³-hybridized carbons (Fsp3) is 0.150. The number of hydrogen-bond donors (Lipinski definition) is 0. The molecule has 27 heavy (non-hydrogen) atoms. The smallest absolute Gasteiger partial charge is 0.152 e.